The highest BCUT2D eigenvalue weighted by molar-refractivity contribution is 5.56. The molecule has 1 fully saturated rings. The van der Waals surface area contributed by atoms with E-state index in [4.69, 9.17) is 10.5 Å². The summed E-state index contributed by atoms with van der Waals surface area (Å²) >= 11 is 0. The normalized spacial score (nSPS) is 18.3. The highest BCUT2D eigenvalue weighted by atomic mass is 16.5. The fourth-order valence-electron chi connectivity index (χ4n) is 2.51. The molecule has 0 atom stereocenters. The number of nitrogens with two attached hydrogens (primary N) is 1. The zero-order valence-electron chi connectivity index (χ0n) is 11.6. The van der Waals surface area contributed by atoms with Gasteiger partial charge < -0.3 is 20.5 Å². The predicted octanol–water partition coefficient (Wildman–Crippen LogP) is 0.599. The summed E-state index contributed by atoms with van der Waals surface area (Å²) in [5, 5.41) is 10.5. The molecular weight excluding hydrogens is 244 g/mol. The summed E-state index contributed by atoms with van der Waals surface area (Å²) in [6.45, 7) is 3.77. The first-order valence-electron chi connectivity index (χ1n) is 6.66. The minimum Gasteiger partial charge on any atom is -0.388 e. The fraction of sp³-hybridized carbons (Fsp3) is 0.692. The van der Waals surface area contributed by atoms with Gasteiger partial charge in [-0.25, -0.2) is 9.97 Å². The number of anilines is 2. The number of hydrogen-bond donors (Lipinski definition) is 2. The van der Waals surface area contributed by atoms with Crippen LogP contribution in [-0.4, -0.2) is 47.5 Å². The van der Waals surface area contributed by atoms with Crippen LogP contribution in [0.2, 0.25) is 0 Å². The van der Waals surface area contributed by atoms with E-state index in [1.807, 2.05) is 18.9 Å². The molecule has 0 aliphatic carbocycles. The molecule has 19 heavy (non-hydrogen) atoms. The minimum atomic E-state index is -0.711. The van der Waals surface area contributed by atoms with Gasteiger partial charge in [0.25, 0.3) is 0 Å². The Morgan fingerprint density at radius 3 is 2.74 bits per heavy atom. The van der Waals surface area contributed by atoms with E-state index in [2.05, 4.69) is 9.97 Å². The van der Waals surface area contributed by atoms with Gasteiger partial charge in [0.15, 0.2) is 0 Å². The van der Waals surface area contributed by atoms with Crippen molar-refractivity contribution in [1.82, 2.24) is 9.97 Å². The lowest BCUT2D eigenvalue weighted by atomic mass is 9.94. The second-order valence-corrected chi connectivity index (χ2v) is 5.11. The largest absolute Gasteiger partial charge is 0.388 e. The third-order valence-electron chi connectivity index (χ3n) is 3.63. The molecule has 1 aliphatic rings. The second kappa shape index (κ2) is 5.71. The lowest BCUT2D eigenvalue weighted by Crippen LogP contribution is -2.46. The van der Waals surface area contributed by atoms with Crippen molar-refractivity contribution >= 4 is 11.6 Å². The minimum absolute atomic E-state index is 0.512. The van der Waals surface area contributed by atoms with Crippen LogP contribution in [0.4, 0.5) is 11.6 Å². The lowest BCUT2D eigenvalue weighted by molar-refractivity contribution is -0.0573. The van der Waals surface area contributed by atoms with Crippen LogP contribution in [0.15, 0.2) is 6.33 Å². The molecule has 1 saturated heterocycles. The molecule has 0 aromatic carbocycles. The first-order chi connectivity index (χ1) is 9.06. The van der Waals surface area contributed by atoms with E-state index in [9.17, 15) is 5.11 Å². The Kier molecular flexibility index (Phi) is 4.21. The Morgan fingerprint density at radius 1 is 1.42 bits per heavy atom. The van der Waals surface area contributed by atoms with Gasteiger partial charge in [-0.15, -0.1) is 0 Å². The van der Waals surface area contributed by atoms with Gasteiger partial charge in [-0.2, -0.15) is 0 Å². The van der Waals surface area contributed by atoms with Crippen LogP contribution in [0, 0.1) is 0 Å². The lowest BCUT2D eigenvalue weighted by Gasteiger charge is -2.36. The van der Waals surface area contributed by atoms with E-state index in [0.29, 0.717) is 38.4 Å². The van der Waals surface area contributed by atoms with Gasteiger partial charge in [-0.05, 0) is 6.42 Å². The maximum atomic E-state index is 10.5. The topological polar surface area (TPSA) is 84.5 Å². The summed E-state index contributed by atoms with van der Waals surface area (Å²) in [5.41, 5.74) is 6.10. The van der Waals surface area contributed by atoms with Gasteiger partial charge in [0, 0.05) is 45.2 Å². The third-order valence-corrected chi connectivity index (χ3v) is 3.63. The number of nitrogen functional groups attached to an aromatic ring is 1. The van der Waals surface area contributed by atoms with Crippen molar-refractivity contribution in [2.75, 3.05) is 37.4 Å². The molecule has 6 heteroatoms. The summed E-state index contributed by atoms with van der Waals surface area (Å²) in [6.07, 6.45) is 3.54. The second-order valence-electron chi connectivity index (χ2n) is 5.11. The number of nitrogens with zero attached hydrogens (tertiary/aromatic N) is 3. The van der Waals surface area contributed by atoms with Crippen LogP contribution in [0.1, 0.15) is 25.3 Å². The van der Waals surface area contributed by atoms with Crippen LogP contribution in [0.25, 0.3) is 0 Å². The van der Waals surface area contributed by atoms with Crippen LogP contribution in [-0.2, 0) is 11.2 Å². The number of hydrogen-bond acceptors (Lipinski definition) is 6. The Hall–Kier alpha value is -1.40. The standard InChI is InChI=1S/C13H22N4O2/c1-3-10-11(14)15-9-16-12(10)17(2)8-13(18)4-6-19-7-5-13/h9,18H,3-8H2,1-2H3,(H2,14,15,16). The Bertz CT molecular complexity index is 433. The average Bonchev–Trinajstić information content (AvgIpc) is 2.38. The average molecular weight is 266 g/mol. The Labute approximate surface area is 113 Å². The van der Waals surface area contributed by atoms with Crippen LogP contribution in [0.3, 0.4) is 0 Å². The van der Waals surface area contributed by atoms with Crippen LogP contribution in [0.5, 0.6) is 0 Å². The Balaban J connectivity index is 2.15. The molecule has 106 valence electrons. The van der Waals surface area contributed by atoms with Gasteiger partial charge >= 0.3 is 0 Å². The maximum absolute atomic E-state index is 10.5. The molecule has 0 saturated carbocycles. The number of rotatable bonds is 4. The van der Waals surface area contributed by atoms with Crippen molar-refractivity contribution in [1.29, 1.82) is 0 Å². The molecule has 0 spiro atoms. The highest BCUT2D eigenvalue weighted by Crippen LogP contribution is 2.26. The molecule has 3 N–H and O–H groups in total. The number of aromatic nitrogens is 2. The molecule has 2 rings (SSSR count). The van der Waals surface area contributed by atoms with E-state index in [0.717, 1.165) is 17.8 Å². The molecule has 2 heterocycles. The summed E-state index contributed by atoms with van der Waals surface area (Å²) in [5.74, 6) is 1.31. The maximum Gasteiger partial charge on any atom is 0.137 e. The molecule has 0 radical (unpaired) electrons. The first-order valence-corrected chi connectivity index (χ1v) is 6.66. The number of aliphatic hydroxyl groups is 1. The molecule has 0 amide bonds. The summed E-state index contributed by atoms with van der Waals surface area (Å²) in [7, 11) is 1.92. The molecule has 1 aromatic rings. The van der Waals surface area contributed by atoms with E-state index < -0.39 is 5.60 Å². The van der Waals surface area contributed by atoms with Crippen LogP contribution < -0.4 is 10.6 Å². The molecule has 6 nitrogen and oxygen atoms in total. The summed E-state index contributed by atoms with van der Waals surface area (Å²) in [6, 6.07) is 0. The predicted molar refractivity (Wildman–Crippen MR) is 74.1 cm³/mol. The van der Waals surface area contributed by atoms with E-state index in [1.54, 1.807) is 0 Å². The van der Waals surface area contributed by atoms with Crippen molar-refractivity contribution in [3.63, 3.8) is 0 Å². The van der Waals surface area contributed by atoms with Crippen molar-refractivity contribution in [2.24, 2.45) is 0 Å². The molecule has 1 aliphatic heterocycles. The van der Waals surface area contributed by atoms with Crippen LogP contribution >= 0.6 is 0 Å². The van der Waals surface area contributed by atoms with E-state index in [1.165, 1.54) is 6.33 Å². The van der Waals surface area contributed by atoms with Crippen molar-refractivity contribution in [3.8, 4) is 0 Å². The van der Waals surface area contributed by atoms with Crippen molar-refractivity contribution < 1.29 is 9.84 Å². The number of ether oxygens (including phenoxy) is 1. The zero-order valence-corrected chi connectivity index (χ0v) is 11.6. The first kappa shape index (κ1) is 14.0. The van der Waals surface area contributed by atoms with Gasteiger partial charge in [0.05, 0.1) is 5.60 Å². The molecular formula is C13H22N4O2. The zero-order chi connectivity index (χ0) is 13.9. The fourth-order valence-corrected chi connectivity index (χ4v) is 2.51. The number of likely N-dealkylation sites (N-methyl/N-ethyl adjacent to an activating group) is 1. The van der Waals surface area contributed by atoms with Gasteiger partial charge in [0.1, 0.15) is 18.0 Å². The third kappa shape index (κ3) is 3.13. The van der Waals surface area contributed by atoms with Crippen molar-refractivity contribution in [3.05, 3.63) is 11.9 Å². The highest BCUT2D eigenvalue weighted by Gasteiger charge is 2.32. The van der Waals surface area contributed by atoms with E-state index >= 15 is 0 Å². The molecule has 0 bridgehead atoms. The van der Waals surface area contributed by atoms with Crippen molar-refractivity contribution in [2.45, 2.75) is 31.8 Å². The Morgan fingerprint density at radius 2 is 2.11 bits per heavy atom. The van der Waals surface area contributed by atoms with E-state index in [-0.39, 0.29) is 0 Å². The molecule has 1 aromatic heterocycles. The summed E-state index contributed by atoms with van der Waals surface area (Å²) < 4.78 is 5.29. The summed E-state index contributed by atoms with van der Waals surface area (Å²) in [4.78, 5) is 10.3. The monoisotopic (exact) mass is 266 g/mol. The van der Waals surface area contributed by atoms with Gasteiger partial charge in [0.2, 0.25) is 0 Å². The quantitative estimate of drug-likeness (QED) is 0.830. The SMILES string of the molecule is CCc1c(N)ncnc1N(C)CC1(O)CCOCC1. The molecule has 0 unspecified atom stereocenters. The van der Waals surface area contributed by atoms with Gasteiger partial charge in [-0.3, -0.25) is 0 Å². The smallest absolute Gasteiger partial charge is 0.137 e. The van der Waals surface area contributed by atoms with Gasteiger partial charge in [-0.1, -0.05) is 6.92 Å².